The normalized spacial score (nSPS) is 20.4. The van der Waals surface area contributed by atoms with E-state index in [4.69, 9.17) is 10.5 Å². The SMILES string of the molecule is COc1cccc(C(C)N2CC(C(N)=O)CC2=O)c1. The van der Waals surface area contributed by atoms with Crippen molar-refractivity contribution in [3.05, 3.63) is 29.8 Å². The molecule has 1 heterocycles. The van der Waals surface area contributed by atoms with E-state index >= 15 is 0 Å². The van der Waals surface area contributed by atoms with Crippen molar-refractivity contribution in [3.63, 3.8) is 0 Å². The number of carbonyl (C=O) groups is 2. The molecular formula is C14H18N2O3. The first-order chi connectivity index (χ1) is 9.02. The third-order valence-corrected chi connectivity index (χ3v) is 3.60. The van der Waals surface area contributed by atoms with Crippen LogP contribution in [0.4, 0.5) is 0 Å². The summed E-state index contributed by atoms with van der Waals surface area (Å²) in [6, 6.07) is 7.49. The zero-order chi connectivity index (χ0) is 14.0. The molecule has 1 aliphatic heterocycles. The maximum absolute atomic E-state index is 11.9. The maximum Gasteiger partial charge on any atom is 0.223 e. The van der Waals surface area contributed by atoms with E-state index in [0.717, 1.165) is 11.3 Å². The minimum atomic E-state index is -0.409. The molecule has 0 aromatic heterocycles. The van der Waals surface area contributed by atoms with Gasteiger partial charge in [0.25, 0.3) is 0 Å². The van der Waals surface area contributed by atoms with Crippen LogP contribution in [0.3, 0.4) is 0 Å². The van der Waals surface area contributed by atoms with E-state index in [1.807, 2.05) is 31.2 Å². The van der Waals surface area contributed by atoms with Crippen LogP contribution in [0, 0.1) is 5.92 Å². The lowest BCUT2D eigenvalue weighted by Gasteiger charge is -2.25. The Bertz CT molecular complexity index is 501. The highest BCUT2D eigenvalue weighted by atomic mass is 16.5. The Morgan fingerprint density at radius 3 is 2.84 bits per heavy atom. The van der Waals surface area contributed by atoms with Crippen LogP contribution in [0.5, 0.6) is 5.75 Å². The zero-order valence-electron chi connectivity index (χ0n) is 11.1. The standard InChI is InChI=1S/C14H18N2O3/c1-9(10-4-3-5-12(6-10)19-2)16-8-11(14(15)18)7-13(16)17/h3-6,9,11H,7-8H2,1-2H3,(H2,15,18). The number of rotatable bonds is 4. The monoisotopic (exact) mass is 262 g/mol. The number of primary amides is 1. The molecule has 2 N–H and O–H groups in total. The lowest BCUT2D eigenvalue weighted by Crippen LogP contribution is -2.30. The molecule has 19 heavy (non-hydrogen) atoms. The van der Waals surface area contributed by atoms with Gasteiger partial charge in [-0.05, 0) is 24.6 Å². The Labute approximate surface area is 112 Å². The quantitative estimate of drug-likeness (QED) is 0.882. The summed E-state index contributed by atoms with van der Waals surface area (Å²) >= 11 is 0. The second kappa shape index (κ2) is 5.30. The van der Waals surface area contributed by atoms with E-state index in [2.05, 4.69) is 0 Å². The van der Waals surface area contributed by atoms with Crippen molar-refractivity contribution in [1.29, 1.82) is 0 Å². The van der Waals surface area contributed by atoms with Gasteiger partial charge in [0.1, 0.15) is 5.75 Å². The Morgan fingerprint density at radius 1 is 1.53 bits per heavy atom. The Kier molecular flexibility index (Phi) is 3.74. The molecule has 2 atom stereocenters. The van der Waals surface area contributed by atoms with Crippen molar-refractivity contribution in [2.75, 3.05) is 13.7 Å². The van der Waals surface area contributed by atoms with Crippen molar-refractivity contribution < 1.29 is 14.3 Å². The van der Waals surface area contributed by atoms with E-state index in [1.54, 1.807) is 12.0 Å². The molecule has 1 aliphatic rings. The Balaban J connectivity index is 2.17. The molecule has 1 aromatic rings. The number of nitrogens with two attached hydrogens (primary N) is 1. The lowest BCUT2D eigenvalue weighted by molar-refractivity contribution is -0.130. The van der Waals surface area contributed by atoms with Crippen molar-refractivity contribution in [2.24, 2.45) is 11.7 Å². The molecule has 0 saturated carbocycles. The van der Waals surface area contributed by atoms with Gasteiger partial charge in [-0.1, -0.05) is 12.1 Å². The molecular weight excluding hydrogens is 244 g/mol. The first-order valence-corrected chi connectivity index (χ1v) is 6.25. The van der Waals surface area contributed by atoms with Crippen molar-refractivity contribution in [1.82, 2.24) is 4.90 Å². The number of hydrogen-bond acceptors (Lipinski definition) is 3. The van der Waals surface area contributed by atoms with E-state index in [9.17, 15) is 9.59 Å². The number of likely N-dealkylation sites (tertiary alicyclic amines) is 1. The third-order valence-electron chi connectivity index (χ3n) is 3.60. The van der Waals surface area contributed by atoms with Crippen LogP contribution in [-0.4, -0.2) is 30.4 Å². The molecule has 1 fully saturated rings. The van der Waals surface area contributed by atoms with Gasteiger partial charge in [0.2, 0.25) is 11.8 Å². The van der Waals surface area contributed by atoms with E-state index < -0.39 is 5.91 Å². The highest BCUT2D eigenvalue weighted by Crippen LogP contribution is 2.29. The first kappa shape index (κ1) is 13.4. The second-order valence-electron chi connectivity index (χ2n) is 4.80. The number of benzene rings is 1. The summed E-state index contributed by atoms with van der Waals surface area (Å²) < 4.78 is 5.18. The summed E-state index contributed by atoms with van der Waals surface area (Å²) in [4.78, 5) is 24.8. The molecule has 0 bridgehead atoms. The van der Waals surface area contributed by atoms with Gasteiger partial charge in [0, 0.05) is 13.0 Å². The number of nitrogens with zero attached hydrogens (tertiary/aromatic N) is 1. The van der Waals surface area contributed by atoms with Gasteiger partial charge in [-0.15, -0.1) is 0 Å². The van der Waals surface area contributed by atoms with Crippen molar-refractivity contribution in [2.45, 2.75) is 19.4 Å². The number of hydrogen-bond donors (Lipinski definition) is 1. The molecule has 2 amide bonds. The van der Waals surface area contributed by atoms with Gasteiger partial charge in [-0.25, -0.2) is 0 Å². The van der Waals surface area contributed by atoms with E-state index in [1.165, 1.54) is 0 Å². The molecule has 0 radical (unpaired) electrons. The number of carbonyl (C=O) groups excluding carboxylic acids is 2. The minimum Gasteiger partial charge on any atom is -0.497 e. The minimum absolute atomic E-state index is 0.0286. The number of ether oxygens (including phenoxy) is 1. The molecule has 2 unspecified atom stereocenters. The summed E-state index contributed by atoms with van der Waals surface area (Å²) in [5.41, 5.74) is 6.25. The third kappa shape index (κ3) is 2.70. The topological polar surface area (TPSA) is 72.6 Å². The van der Waals surface area contributed by atoms with Gasteiger partial charge in [0.15, 0.2) is 0 Å². The van der Waals surface area contributed by atoms with Crippen LogP contribution in [0.25, 0.3) is 0 Å². The molecule has 1 saturated heterocycles. The lowest BCUT2D eigenvalue weighted by atomic mass is 10.1. The smallest absolute Gasteiger partial charge is 0.223 e. The number of amides is 2. The summed E-state index contributed by atoms with van der Waals surface area (Å²) in [7, 11) is 1.61. The van der Waals surface area contributed by atoms with Crippen LogP contribution in [0.1, 0.15) is 24.9 Å². The van der Waals surface area contributed by atoms with Crippen molar-refractivity contribution in [3.8, 4) is 5.75 Å². The maximum atomic E-state index is 11.9. The summed E-state index contributed by atoms with van der Waals surface area (Å²) in [6.45, 7) is 2.34. The highest BCUT2D eigenvalue weighted by molar-refractivity contribution is 5.88. The molecule has 5 nitrogen and oxygen atoms in total. The van der Waals surface area contributed by atoms with Crippen LogP contribution < -0.4 is 10.5 Å². The fraction of sp³-hybridized carbons (Fsp3) is 0.429. The van der Waals surface area contributed by atoms with Gasteiger partial charge < -0.3 is 15.4 Å². The van der Waals surface area contributed by atoms with Gasteiger partial charge in [-0.2, -0.15) is 0 Å². The molecule has 0 spiro atoms. The zero-order valence-corrected chi connectivity index (χ0v) is 11.1. The number of methoxy groups -OCH3 is 1. The van der Waals surface area contributed by atoms with Crippen LogP contribution in [0.15, 0.2) is 24.3 Å². The van der Waals surface area contributed by atoms with Crippen LogP contribution >= 0.6 is 0 Å². The van der Waals surface area contributed by atoms with E-state index in [0.29, 0.717) is 6.54 Å². The molecule has 1 aromatic carbocycles. The summed E-state index contributed by atoms with van der Waals surface area (Å²) in [5.74, 6) is -0.0594. The predicted octanol–water partition coefficient (Wildman–Crippen LogP) is 1.09. The van der Waals surface area contributed by atoms with E-state index in [-0.39, 0.29) is 24.3 Å². The van der Waals surface area contributed by atoms with Gasteiger partial charge >= 0.3 is 0 Å². The molecule has 5 heteroatoms. The van der Waals surface area contributed by atoms with Crippen molar-refractivity contribution >= 4 is 11.8 Å². The largest absolute Gasteiger partial charge is 0.497 e. The second-order valence-corrected chi connectivity index (χ2v) is 4.80. The van der Waals surface area contributed by atoms with Crippen LogP contribution in [0.2, 0.25) is 0 Å². The fourth-order valence-electron chi connectivity index (χ4n) is 2.38. The first-order valence-electron chi connectivity index (χ1n) is 6.25. The average Bonchev–Trinajstić information content (AvgIpc) is 2.80. The van der Waals surface area contributed by atoms with Crippen LogP contribution in [-0.2, 0) is 9.59 Å². The fourth-order valence-corrected chi connectivity index (χ4v) is 2.38. The highest BCUT2D eigenvalue weighted by Gasteiger charge is 2.35. The Morgan fingerprint density at radius 2 is 2.26 bits per heavy atom. The summed E-state index contributed by atoms with van der Waals surface area (Å²) in [6.07, 6.45) is 0.212. The molecule has 0 aliphatic carbocycles. The van der Waals surface area contributed by atoms with Gasteiger partial charge in [0.05, 0.1) is 19.1 Å². The Hall–Kier alpha value is -2.04. The van der Waals surface area contributed by atoms with Gasteiger partial charge in [-0.3, -0.25) is 9.59 Å². The molecule has 2 rings (SSSR count). The summed E-state index contributed by atoms with van der Waals surface area (Å²) in [5, 5.41) is 0. The molecule has 102 valence electrons. The predicted molar refractivity (Wildman–Crippen MR) is 70.4 cm³/mol. The average molecular weight is 262 g/mol.